The van der Waals surface area contributed by atoms with Gasteiger partial charge in [-0.1, -0.05) is 0 Å². The Bertz CT molecular complexity index is 195. The third-order valence-electron chi connectivity index (χ3n) is 2.32. The summed E-state index contributed by atoms with van der Waals surface area (Å²) in [6.07, 6.45) is 2.91. The average molecular weight is 216 g/mol. The summed E-state index contributed by atoms with van der Waals surface area (Å²) in [4.78, 5) is 11.4. The molecular formula is C10H20N2O3. The minimum atomic E-state index is -0.288. The third kappa shape index (κ3) is 5.71. The lowest BCUT2D eigenvalue weighted by Gasteiger charge is -2.15. The fraction of sp³-hybridized carbons (Fsp3) is 0.900. The molecule has 1 rings (SSSR count). The number of methoxy groups -OCH3 is 1. The van der Waals surface area contributed by atoms with E-state index in [1.807, 2.05) is 0 Å². The molecule has 0 saturated heterocycles. The number of hydrogen-bond acceptors (Lipinski definition) is 4. The van der Waals surface area contributed by atoms with E-state index in [0.29, 0.717) is 25.6 Å². The van der Waals surface area contributed by atoms with Crippen molar-refractivity contribution >= 4 is 5.91 Å². The van der Waals surface area contributed by atoms with Gasteiger partial charge in [0.15, 0.2) is 0 Å². The van der Waals surface area contributed by atoms with Gasteiger partial charge in [0.1, 0.15) is 0 Å². The van der Waals surface area contributed by atoms with E-state index >= 15 is 0 Å². The first-order valence-electron chi connectivity index (χ1n) is 5.38. The molecule has 0 aliphatic heterocycles. The molecule has 5 nitrogen and oxygen atoms in total. The van der Waals surface area contributed by atoms with Crippen molar-refractivity contribution in [3.05, 3.63) is 0 Å². The minimum Gasteiger partial charge on any atom is -0.394 e. The number of amides is 1. The SMILES string of the molecule is COCC(CO)NC(=O)CCNC1CC1. The van der Waals surface area contributed by atoms with Gasteiger partial charge < -0.3 is 20.5 Å². The van der Waals surface area contributed by atoms with Crippen LogP contribution >= 0.6 is 0 Å². The quantitative estimate of drug-likeness (QED) is 0.499. The zero-order chi connectivity index (χ0) is 11.1. The lowest BCUT2D eigenvalue weighted by molar-refractivity contribution is -0.122. The van der Waals surface area contributed by atoms with Crippen molar-refractivity contribution in [3.63, 3.8) is 0 Å². The number of carbonyl (C=O) groups is 1. The van der Waals surface area contributed by atoms with Crippen LogP contribution < -0.4 is 10.6 Å². The van der Waals surface area contributed by atoms with E-state index in [0.717, 1.165) is 0 Å². The van der Waals surface area contributed by atoms with Crippen LogP contribution in [0.5, 0.6) is 0 Å². The Kier molecular flexibility index (Phi) is 5.60. The van der Waals surface area contributed by atoms with Crippen molar-refractivity contribution in [3.8, 4) is 0 Å². The van der Waals surface area contributed by atoms with Crippen LogP contribution in [0.15, 0.2) is 0 Å². The summed E-state index contributed by atoms with van der Waals surface area (Å²) in [7, 11) is 1.55. The molecule has 1 saturated carbocycles. The highest BCUT2D eigenvalue weighted by Crippen LogP contribution is 2.18. The van der Waals surface area contributed by atoms with Crippen molar-refractivity contribution in [1.29, 1.82) is 0 Å². The topological polar surface area (TPSA) is 70.6 Å². The van der Waals surface area contributed by atoms with Crippen molar-refractivity contribution in [1.82, 2.24) is 10.6 Å². The van der Waals surface area contributed by atoms with Crippen molar-refractivity contribution in [2.75, 3.05) is 26.9 Å². The molecule has 0 aromatic heterocycles. The maximum Gasteiger partial charge on any atom is 0.221 e. The summed E-state index contributed by atoms with van der Waals surface area (Å²) in [5.41, 5.74) is 0. The number of rotatable bonds is 8. The number of aliphatic hydroxyl groups is 1. The molecule has 0 bridgehead atoms. The second-order valence-electron chi connectivity index (χ2n) is 3.88. The molecule has 1 fully saturated rings. The Morgan fingerprint density at radius 1 is 1.60 bits per heavy atom. The molecule has 1 amide bonds. The molecule has 0 aromatic carbocycles. The average Bonchev–Trinajstić information content (AvgIpc) is 3.01. The normalized spacial score (nSPS) is 17.5. The molecule has 15 heavy (non-hydrogen) atoms. The van der Waals surface area contributed by atoms with Gasteiger partial charge in [-0.25, -0.2) is 0 Å². The predicted octanol–water partition coefficient (Wildman–Crippen LogP) is -0.748. The minimum absolute atomic E-state index is 0.0424. The molecule has 1 aliphatic carbocycles. The van der Waals surface area contributed by atoms with Crippen LogP contribution in [0.1, 0.15) is 19.3 Å². The van der Waals surface area contributed by atoms with Crippen LogP contribution in [-0.2, 0) is 9.53 Å². The fourth-order valence-corrected chi connectivity index (χ4v) is 1.32. The number of hydrogen-bond donors (Lipinski definition) is 3. The lowest BCUT2D eigenvalue weighted by Crippen LogP contribution is -2.41. The van der Waals surface area contributed by atoms with Gasteiger partial charge in [0.05, 0.1) is 19.3 Å². The molecule has 0 heterocycles. The van der Waals surface area contributed by atoms with Gasteiger partial charge in [0, 0.05) is 26.1 Å². The van der Waals surface area contributed by atoms with Crippen molar-refractivity contribution in [2.24, 2.45) is 0 Å². The lowest BCUT2D eigenvalue weighted by atomic mass is 10.3. The monoisotopic (exact) mass is 216 g/mol. The fourth-order valence-electron chi connectivity index (χ4n) is 1.32. The zero-order valence-corrected chi connectivity index (χ0v) is 9.16. The molecule has 88 valence electrons. The molecule has 1 unspecified atom stereocenters. The molecular weight excluding hydrogens is 196 g/mol. The van der Waals surface area contributed by atoms with Gasteiger partial charge in [-0.15, -0.1) is 0 Å². The standard InChI is InChI=1S/C10H20N2O3/c1-15-7-9(6-13)12-10(14)4-5-11-8-2-3-8/h8-9,11,13H,2-7H2,1H3,(H,12,14). The van der Waals surface area contributed by atoms with Crippen molar-refractivity contribution in [2.45, 2.75) is 31.3 Å². The first-order chi connectivity index (χ1) is 7.26. The van der Waals surface area contributed by atoms with Crippen LogP contribution in [0, 0.1) is 0 Å². The Labute approximate surface area is 90.2 Å². The number of carbonyl (C=O) groups excluding carboxylic acids is 1. The summed E-state index contributed by atoms with van der Waals surface area (Å²) in [5, 5.41) is 14.9. The molecule has 3 N–H and O–H groups in total. The Hall–Kier alpha value is -0.650. The molecule has 5 heteroatoms. The summed E-state index contributed by atoms with van der Waals surface area (Å²) < 4.78 is 4.86. The Morgan fingerprint density at radius 2 is 2.33 bits per heavy atom. The van der Waals surface area contributed by atoms with E-state index in [1.165, 1.54) is 12.8 Å². The van der Waals surface area contributed by atoms with Crippen LogP contribution in [0.2, 0.25) is 0 Å². The molecule has 0 radical (unpaired) electrons. The molecule has 1 aliphatic rings. The second-order valence-corrected chi connectivity index (χ2v) is 3.88. The van der Waals surface area contributed by atoms with E-state index in [9.17, 15) is 4.79 Å². The summed E-state index contributed by atoms with van der Waals surface area (Å²) in [6.45, 7) is 0.968. The van der Waals surface area contributed by atoms with Gasteiger partial charge >= 0.3 is 0 Å². The third-order valence-corrected chi connectivity index (χ3v) is 2.32. The Morgan fingerprint density at radius 3 is 2.87 bits per heavy atom. The summed E-state index contributed by atoms with van der Waals surface area (Å²) >= 11 is 0. The Balaban J connectivity index is 2.03. The predicted molar refractivity (Wildman–Crippen MR) is 56.5 cm³/mol. The van der Waals surface area contributed by atoms with Crippen LogP contribution in [-0.4, -0.2) is 50.0 Å². The highest BCUT2D eigenvalue weighted by atomic mass is 16.5. The first-order valence-corrected chi connectivity index (χ1v) is 5.38. The number of nitrogens with one attached hydrogen (secondary N) is 2. The van der Waals surface area contributed by atoms with E-state index in [-0.39, 0.29) is 18.6 Å². The molecule has 0 spiro atoms. The summed E-state index contributed by atoms with van der Waals surface area (Å²) in [5.74, 6) is -0.0424. The van der Waals surface area contributed by atoms with E-state index in [1.54, 1.807) is 7.11 Å². The second kappa shape index (κ2) is 6.76. The highest BCUT2D eigenvalue weighted by molar-refractivity contribution is 5.76. The first kappa shape index (κ1) is 12.4. The van der Waals surface area contributed by atoms with Gasteiger partial charge in [0.25, 0.3) is 0 Å². The van der Waals surface area contributed by atoms with Gasteiger partial charge in [-0.3, -0.25) is 4.79 Å². The number of aliphatic hydroxyl groups excluding tert-OH is 1. The van der Waals surface area contributed by atoms with Crippen molar-refractivity contribution < 1.29 is 14.6 Å². The largest absolute Gasteiger partial charge is 0.394 e. The highest BCUT2D eigenvalue weighted by Gasteiger charge is 2.20. The van der Waals surface area contributed by atoms with Crippen LogP contribution in [0.4, 0.5) is 0 Å². The van der Waals surface area contributed by atoms with Gasteiger partial charge in [-0.2, -0.15) is 0 Å². The smallest absolute Gasteiger partial charge is 0.221 e. The maximum absolute atomic E-state index is 11.4. The molecule has 1 atom stereocenters. The van der Waals surface area contributed by atoms with Gasteiger partial charge in [0.2, 0.25) is 5.91 Å². The van der Waals surface area contributed by atoms with E-state index < -0.39 is 0 Å². The molecule has 0 aromatic rings. The number of ether oxygens (including phenoxy) is 1. The van der Waals surface area contributed by atoms with Crippen LogP contribution in [0.25, 0.3) is 0 Å². The summed E-state index contributed by atoms with van der Waals surface area (Å²) in [6, 6.07) is 0.342. The van der Waals surface area contributed by atoms with E-state index in [4.69, 9.17) is 9.84 Å². The van der Waals surface area contributed by atoms with Gasteiger partial charge in [-0.05, 0) is 12.8 Å². The van der Waals surface area contributed by atoms with Crippen LogP contribution in [0.3, 0.4) is 0 Å². The zero-order valence-electron chi connectivity index (χ0n) is 9.16. The maximum atomic E-state index is 11.4. The van der Waals surface area contributed by atoms with E-state index in [2.05, 4.69) is 10.6 Å².